The summed E-state index contributed by atoms with van der Waals surface area (Å²) in [6.07, 6.45) is 3.72. The van der Waals surface area contributed by atoms with Gasteiger partial charge < -0.3 is 19.5 Å². The van der Waals surface area contributed by atoms with Crippen molar-refractivity contribution in [2.45, 2.75) is 25.8 Å². The molecule has 3 heterocycles. The van der Waals surface area contributed by atoms with Gasteiger partial charge in [-0.2, -0.15) is 0 Å². The molecule has 2 fully saturated rings. The number of hydrogen-bond donors (Lipinski definition) is 1. The predicted octanol–water partition coefficient (Wildman–Crippen LogP) is 2.05. The number of fused-ring (bicyclic) bond motifs is 2. The maximum absolute atomic E-state index is 12.7. The maximum Gasteiger partial charge on any atom is 0.293 e. The number of amides is 1. The standard InChI is InChI=1S/C20H25N5O2/c1-27-17-6-4-16(5-7-17)21-20(26)19-23-22-18-8-14-10-24(9-13-2-3-13)11-15(14)12-25(18)19/h4-7,13-15H,2-3,8-12H2,1H3,(H,21,26)/t14-,15+/m1/s1. The van der Waals surface area contributed by atoms with Gasteiger partial charge in [-0.3, -0.25) is 4.79 Å². The van der Waals surface area contributed by atoms with Crippen molar-refractivity contribution in [3.63, 3.8) is 0 Å². The van der Waals surface area contributed by atoms with Crippen molar-refractivity contribution in [3.8, 4) is 5.75 Å². The van der Waals surface area contributed by atoms with Gasteiger partial charge in [0.2, 0.25) is 5.82 Å². The molecule has 7 heteroatoms. The number of rotatable bonds is 5. The Morgan fingerprint density at radius 3 is 2.67 bits per heavy atom. The van der Waals surface area contributed by atoms with Crippen LogP contribution in [0, 0.1) is 17.8 Å². The van der Waals surface area contributed by atoms with Crippen LogP contribution in [0.3, 0.4) is 0 Å². The molecule has 3 aliphatic rings. The van der Waals surface area contributed by atoms with E-state index in [4.69, 9.17) is 4.74 Å². The molecule has 7 nitrogen and oxygen atoms in total. The third-order valence-corrected chi connectivity index (χ3v) is 6.11. The first-order chi connectivity index (χ1) is 13.2. The fourth-order valence-electron chi connectivity index (χ4n) is 4.47. The molecule has 1 saturated carbocycles. The summed E-state index contributed by atoms with van der Waals surface area (Å²) in [5, 5.41) is 11.4. The number of hydrogen-bond acceptors (Lipinski definition) is 5. The van der Waals surface area contributed by atoms with Gasteiger partial charge in [-0.15, -0.1) is 10.2 Å². The molecule has 0 unspecified atom stereocenters. The van der Waals surface area contributed by atoms with E-state index in [1.165, 1.54) is 25.9 Å². The fraction of sp³-hybridized carbons (Fsp3) is 0.550. The van der Waals surface area contributed by atoms with Crippen molar-refractivity contribution in [2.75, 3.05) is 32.1 Å². The molecule has 2 aliphatic heterocycles. The highest BCUT2D eigenvalue weighted by Crippen LogP contribution is 2.36. The molecule has 0 bridgehead atoms. The Kier molecular flexibility index (Phi) is 4.11. The number of likely N-dealkylation sites (tertiary alicyclic amines) is 1. The highest BCUT2D eigenvalue weighted by molar-refractivity contribution is 6.01. The van der Waals surface area contributed by atoms with Crippen LogP contribution in [0.5, 0.6) is 5.75 Å². The Morgan fingerprint density at radius 1 is 1.15 bits per heavy atom. The molecule has 1 amide bonds. The first-order valence-electron chi connectivity index (χ1n) is 9.79. The topological polar surface area (TPSA) is 72.3 Å². The number of carbonyl (C=O) groups is 1. The summed E-state index contributed by atoms with van der Waals surface area (Å²) < 4.78 is 7.18. The van der Waals surface area contributed by atoms with Gasteiger partial charge in [0.05, 0.1) is 7.11 Å². The molecule has 2 atom stereocenters. The third-order valence-electron chi connectivity index (χ3n) is 6.11. The smallest absolute Gasteiger partial charge is 0.293 e. The summed E-state index contributed by atoms with van der Waals surface area (Å²) in [6.45, 7) is 4.40. The summed E-state index contributed by atoms with van der Waals surface area (Å²) in [7, 11) is 1.62. The van der Waals surface area contributed by atoms with Crippen molar-refractivity contribution < 1.29 is 9.53 Å². The first-order valence-corrected chi connectivity index (χ1v) is 9.79. The van der Waals surface area contributed by atoms with Crippen LogP contribution in [0.2, 0.25) is 0 Å². The van der Waals surface area contributed by atoms with E-state index in [2.05, 4.69) is 20.4 Å². The lowest BCUT2D eigenvalue weighted by molar-refractivity contribution is 0.100. The SMILES string of the molecule is COc1ccc(NC(=O)c2nnc3n2C[C@@H]2CN(CC4CC4)C[C@H]2C3)cc1. The number of nitrogens with one attached hydrogen (secondary N) is 1. The second-order valence-corrected chi connectivity index (χ2v) is 8.12. The quantitative estimate of drug-likeness (QED) is 0.876. The largest absolute Gasteiger partial charge is 0.497 e. The van der Waals surface area contributed by atoms with E-state index in [1.807, 2.05) is 28.8 Å². The van der Waals surface area contributed by atoms with Crippen LogP contribution in [-0.4, -0.2) is 52.3 Å². The molecule has 0 spiro atoms. The van der Waals surface area contributed by atoms with Gasteiger partial charge in [0.1, 0.15) is 11.6 Å². The van der Waals surface area contributed by atoms with Crippen LogP contribution in [0.4, 0.5) is 5.69 Å². The Balaban J connectivity index is 1.28. The van der Waals surface area contributed by atoms with Crippen molar-refractivity contribution in [2.24, 2.45) is 17.8 Å². The number of methoxy groups -OCH3 is 1. The molecule has 1 saturated heterocycles. The summed E-state index contributed by atoms with van der Waals surface area (Å²) >= 11 is 0. The zero-order valence-corrected chi connectivity index (χ0v) is 15.6. The van der Waals surface area contributed by atoms with Crippen LogP contribution in [-0.2, 0) is 13.0 Å². The maximum atomic E-state index is 12.7. The molecular formula is C20H25N5O2. The van der Waals surface area contributed by atoms with E-state index in [0.717, 1.165) is 42.7 Å². The summed E-state index contributed by atoms with van der Waals surface area (Å²) in [6, 6.07) is 7.30. The zero-order chi connectivity index (χ0) is 18.4. The third kappa shape index (κ3) is 3.32. The van der Waals surface area contributed by atoms with Gasteiger partial charge >= 0.3 is 0 Å². The van der Waals surface area contributed by atoms with Crippen LogP contribution in [0.25, 0.3) is 0 Å². The average molecular weight is 367 g/mol. The molecule has 5 rings (SSSR count). The van der Waals surface area contributed by atoms with Gasteiger partial charge in [0.25, 0.3) is 5.91 Å². The van der Waals surface area contributed by atoms with E-state index in [0.29, 0.717) is 17.7 Å². The van der Waals surface area contributed by atoms with Crippen LogP contribution < -0.4 is 10.1 Å². The van der Waals surface area contributed by atoms with Gasteiger partial charge in [-0.25, -0.2) is 0 Å². The first kappa shape index (κ1) is 16.7. The molecule has 1 aromatic carbocycles. The fourth-order valence-corrected chi connectivity index (χ4v) is 4.47. The number of ether oxygens (including phenoxy) is 1. The van der Waals surface area contributed by atoms with E-state index >= 15 is 0 Å². The van der Waals surface area contributed by atoms with Crippen molar-refractivity contribution in [3.05, 3.63) is 35.9 Å². The molecule has 1 N–H and O–H groups in total. The molecule has 1 aromatic heterocycles. The lowest BCUT2D eigenvalue weighted by Gasteiger charge is -2.25. The van der Waals surface area contributed by atoms with Crippen LogP contribution in [0.15, 0.2) is 24.3 Å². The number of anilines is 1. The Morgan fingerprint density at radius 2 is 1.93 bits per heavy atom. The normalized spacial score (nSPS) is 24.3. The lowest BCUT2D eigenvalue weighted by atomic mass is 9.89. The molecule has 0 radical (unpaired) electrons. The molecule has 142 valence electrons. The Bertz CT molecular complexity index is 843. The van der Waals surface area contributed by atoms with E-state index < -0.39 is 0 Å². The highest BCUT2D eigenvalue weighted by atomic mass is 16.5. The molecular weight excluding hydrogens is 342 g/mol. The Hall–Kier alpha value is -2.41. The molecule has 1 aliphatic carbocycles. The van der Waals surface area contributed by atoms with E-state index in [1.54, 1.807) is 7.11 Å². The van der Waals surface area contributed by atoms with Gasteiger partial charge in [-0.05, 0) is 54.9 Å². The van der Waals surface area contributed by atoms with Crippen LogP contribution >= 0.6 is 0 Å². The summed E-state index contributed by atoms with van der Waals surface area (Å²) in [5.41, 5.74) is 0.725. The minimum Gasteiger partial charge on any atom is -0.497 e. The second kappa shape index (κ2) is 6.64. The Labute approximate surface area is 158 Å². The second-order valence-electron chi connectivity index (χ2n) is 8.12. The van der Waals surface area contributed by atoms with Gasteiger partial charge in [0, 0.05) is 38.3 Å². The number of carbonyl (C=O) groups excluding carboxylic acids is 1. The monoisotopic (exact) mass is 367 g/mol. The predicted molar refractivity (Wildman–Crippen MR) is 101 cm³/mol. The van der Waals surface area contributed by atoms with Crippen molar-refractivity contribution >= 4 is 11.6 Å². The zero-order valence-electron chi connectivity index (χ0n) is 15.6. The van der Waals surface area contributed by atoms with E-state index in [-0.39, 0.29) is 5.91 Å². The van der Waals surface area contributed by atoms with E-state index in [9.17, 15) is 4.79 Å². The number of benzene rings is 1. The minimum atomic E-state index is -0.204. The van der Waals surface area contributed by atoms with Crippen molar-refractivity contribution in [1.82, 2.24) is 19.7 Å². The van der Waals surface area contributed by atoms with Gasteiger partial charge in [-0.1, -0.05) is 0 Å². The van der Waals surface area contributed by atoms with Crippen LogP contribution in [0.1, 0.15) is 29.3 Å². The minimum absolute atomic E-state index is 0.204. The number of aromatic nitrogens is 3. The molecule has 27 heavy (non-hydrogen) atoms. The summed E-state index contributed by atoms with van der Waals surface area (Å²) in [4.78, 5) is 15.4. The highest BCUT2D eigenvalue weighted by Gasteiger charge is 2.40. The van der Waals surface area contributed by atoms with Crippen molar-refractivity contribution in [1.29, 1.82) is 0 Å². The van der Waals surface area contributed by atoms with Gasteiger partial charge in [0.15, 0.2) is 0 Å². The lowest BCUT2D eigenvalue weighted by Crippen LogP contribution is -2.31. The average Bonchev–Trinajstić information content (AvgIpc) is 3.25. The molecule has 2 aromatic rings. The summed E-state index contributed by atoms with van der Waals surface area (Å²) in [5.74, 6) is 4.10. The number of nitrogens with zero attached hydrogens (tertiary/aromatic N) is 4.